The summed E-state index contributed by atoms with van der Waals surface area (Å²) in [6, 6.07) is 8.99. The van der Waals surface area contributed by atoms with Gasteiger partial charge in [-0.1, -0.05) is 45.0 Å². The van der Waals surface area contributed by atoms with E-state index in [-0.39, 0.29) is 5.41 Å². The molecule has 0 atom stereocenters. The number of allylic oxidation sites excluding steroid dienone is 3. The second kappa shape index (κ2) is 6.24. The molecule has 1 aromatic rings. The van der Waals surface area contributed by atoms with Crippen molar-refractivity contribution in [3.63, 3.8) is 0 Å². The van der Waals surface area contributed by atoms with Crippen molar-refractivity contribution in [2.24, 2.45) is 10.4 Å². The first-order chi connectivity index (χ1) is 10.5. The molecule has 0 unspecified atom stereocenters. The van der Waals surface area contributed by atoms with Crippen molar-refractivity contribution in [3.8, 4) is 0 Å². The summed E-state index contributed by atoms with van der Waals surface area (Å²) < 4.78 is 0. The van der Waals surface area contributed by atoms with Crippen LogP contribution in [-0.2, 0) is 0 Å². The predicted molar refractivity (Wildman–Crippen MR) is 96.2 cm³/mol. The Morgan fingerprint density at radius 3 is 2.41 bits per heavy atom. The highest BCUT2D eigenvalue weighted by Gasteiger charge is 2.20. The lowest BCUT2D eigenvalue weighted by atomic mass is 9.82. The van der Waals surface area contributed by atoms with Crippen LogP contribution >= 0.6 is 0 Å². The van der Waals surface area contributed by atoms with Crippen molar-refractivity contribution in [2.45, 2.75) is 59.3 Å². The van der Waals surface area contributed by atoms with Gasteiger partial charge in [-0.2, -0.15) is 0 Å². The Morgan fingerprint density at radius 2 is 1.77 bits per heavy atom. The molecular formula is C21H27N. The molecule has 1 aliphatic heterocycles. The summed E-state index contributed by atoms with van der Waals surface area (Å²) in [5.41, 5.74) is 7.16. The van der Waals surface area contributed by atoms with Crippen LogP contribution in [0.3, 0.4) is 0 Å². The molecule has 1 nitrogen and oxygen atoms in total. The summed E-state index contributed by atoms with van der Waals surface area (Å²) in [6.45, 7) is 6.82. The molecule has 0 bridgehead atoms. The van der Waals surface area contributed by atoms with Gasteiger partial charge in [-0.25, -0.2) is 0 Å². The van der Waals surface area contributed by atoms with Crippen molar-refractivity contribution in [3.05, 3.63) is 53.2 Å². The third kappa shape index (κ3) is 3.40. The largest absolute Gasteiger partial charge is 0.261 e. The monoisotopic (exact) mass is 293 g/mol. The van der Waals surface area contributed by atoms with E-state index in [4.69, 9.17) is 4.99 Å². The minimum atomic E-state index is 0.240. The van der Waals surface area contributed by atoms with Gasteiger partial charge >= 0.3 is 0 Å². The normalized spacial score (nSPS) is 19.3. The summed E-state index contributed by atoms with van der Waals surface area (Å²) in [5.74, 6) is 0. The van der Waals surface area contributed by atoms with E-state index in [9.17, 15) is 0 Å². The van der Waals surface area contributed by atoms with Crippen LogP contribution in [0, 0.1) is 5.41 Å². The Morgan fingerprint density at radius 1 is 0.955 bits per heavy atom. The molecule has 2 aliphatic rings. The first-order valence-electron chi connectivity index (χ1n) is 8.60. The van der Waals surface area contributed by atoms with Gasteiger partial charge in [-0.15, -0.1) is 0 Å². The molecule has 0 radical (unpaired) electrons. The molecule has 0 amide bonds. The Kier molecular flexibility index (Phi) is 4.33. The number of benzene rings is 1. The molecule has 0 N–H and O–H groups in total. The maximum absolute atomic E-state index is 4.77. The Labute approximate surface area is 134 Å². The summed E-state index contributed by atoms with van der Waals surface area (Å²) in [7, 11) is 0. The Hall–Kier alpha value is -1.63. The van der Waals surface area contributed by atoms with Gasteiger partial charge in [-0.3, -0.25) is 4.99 Å². The van der Waals surface area contributed by atoms with Gasteiger partial charge < -0.3 is 0 Å². The van der Waals surface area contributed by atoms with Gasteiger partial charge in [0.2, 0.25) is 0 Å². The smallest absolute Gasteiger partial charge is 0.0479 e. The number of rotatable bonds is 2. The van der Waals surface area contributed by atoms with Crippen molar-refractivity contribution in [1.29, 1.82) is 0 Å². The van der Waals surface area contributed by atoms with E-state index >= 15 is 0 Å². The fraction of sp³-hybridized carbons (Fsp3) is 0.476. The van der Waals surface area contributed by atoms with Gasteiger partial charge in [0, 0.05) is 11.9 Å². The number of hydrogen-bond donors (Lipinski definition) is 0. The molecule has 1 heteroatoms. The minimum absolute atomic E-state index is 0.240. The van der Waals surface area contributed by atoms with Crippen LogP contribution in [0.25, 0.3) is 5.57 Å². The maximum atomic E-state index is 4.77. The fourth-order valence-corrected chi connectivity index (χ4v) is 3.32. The highest BCUT2D eigenvalue weighted by molar-refractivity contribution is 6.02. The zero-order chi connectivity index (χ0) is 15.6. The molecular weight excluding hydrogens is 266 g/mol. The van der Waals surface area contributed by atoms with E-state index in [1.54, 1.807) is 0 Å². The van der Waals surface area contributed by atoms with Gasteiger partial charge in [0.1, 0.15) is 0 Å². The van der Waals surface area contributed by atoms with Crippen LogP contribution in [-0.4, -0.2) is 5.71 Å². The van der Waals surface area contributed by atoms with Crippen molar-refractivity contribution < 1.29 is 0 Å². The van der Waals surface area contributed by atoms with Crippen molar-refractivity contribution in [1.82, 2.24) is 0 Å². The predicted octanol–water partition coefficient (Wildman–Crippen LogP) is 6.16. The quantitative estimate of drug-likeness (QED) is 0.619. The van der Waals surface area contributed by atoms with Crippen LogP contribution in [0.4, 0.5) is 0 Å². The van der Waals surface area contributed by atoms with Crippen LogP contribution in [0.1, 0.15) is 70.4 Å². The Bertz CT molecular complexity index is 638. The van der Waals surface area contributed by atoms with Crippen LogP contribution < -0.4 is 0 Å². The van der Waals surface area contributed by atoms with E-state index in [1.807, 2.05) is 0 Å². The van der Waals surface area contributed by atoms with Gasteiger partial charge in [-0.05, 0) is 72.3 Å². The van der Waals surface area contributed by atoms with Gasteiger partial charge in [0.15, 0.2) is 0 Å². The lowest BCUT2D eigenvalue weighted by Gasteiger charge is -2.25. The van der Waals surface area contributed by atoms with Crippen LogP contribution in [0.15, 0.2) is 47.1 Å². The average Bonchev–Trinajstić information content (AvgIpc) is 2.55. The Balaban J connectivity index is 1.86. The summed E-state index contributed by atoms with van der Waals surface area (Å²) in [4.78, 5) is 4.77. The zero-order valence-corrected chi connectivity index (χ0v) is 14.2. The maximum Gasteiger partial charge on any atom is 0.0479 e. The molecule has 22 heavy (non-hydrogen) atoms. The molecule has 3 rings (SSSR count). The highest BCUT2D eigenvalue weighted by Crippen LogP contribution is 2.33. The lowest BCUT2D eigenvalue weighted by molar-refractivity contribution is 0.481. The van der Waals surface area contributed by atoms with E-state index in [0.29, 0.717) is 0 Å². The molecule has 1 aromatic carbocycles. The third-order valence-electron chi connectivity index (χ3n) is 4.83. The molecule has 0 saturated carbocycles. The first-order valence-corrected chi connectivity index (χ1v) is 8.60. The molecule has 1 aliphatic carbocycles. The number of hydrogen-bond acceptors (Lipinski definition) is 1. The van der Waals surface area contributed by atoms with E-state index in [0.717, 1.165) is 12.8 Å². The van der Waals surface area contributed by atoms with Crippen molar-refractivity contribution >= 4 is 11.3 Å². The van der Waals surface area contributed by atoms with Crippen molar-refractivity contribution in [2.75, 3.05) is 0 Å². The summed E-state index contributed by atoms with van der Waals surface area (Å²) in [6.07, 6.45) is 11.8. The minimum Gasteiger partial charge on any atom is -0.261 e. The van der Waals surface area contributed by atoms with Crippen LogP contribution in [0.5, 0.6) is 0 Å². The summed E-state index contributed by atoms with van der Waals surface area (Å²) in [5, 5.41) is 0. The lowest BCUT2D eigenvalue weighted by Crippen LogP contribution is -2.14. The van der Waals surface area contributed by atoms with E-state index in [1.165, 1.54) is 53.7 Å². The second-order valence-corrected chi connectivity index (χ2v) is 7.54. The standard InChI is InChI=1S/C21H27N/c1-21(2,3)19-12-13-20(22-15-19)18-11-7-10-17(14-18)16-8-5-4-6-9-16/h7-8,10-11,14-15H,4-6,9,12-13H2,1-3H3. The van der Waals surface area contributed by atoms with Gasteiger partial charge in [0.05, 0.1) is 0 Å². The molecule has 0 aromatic heterocycles. The SMILES string of the molecule is CC(C)(C)C1=CN=C(c2cccc(C3=CCCCC3)c2)CC1. The number of aliphatic imine (C=N–C) groups is 1. The molecule has 0 saturated heterocycles. The van der Waals surface area contributed by atoms with E-state index in [2.05, 4.69) is 57.3 Å². The molecule has 116 valence electrons. The molecule has 1 heterocycles. The van der Waals surface area contributed by atoms with Gasteiger partial charge in [0.25, 0.3) is 0 Å². The summed E-state index contributed by atoms with van der Waals surface area (Å²) >= 11 is 0. The highest BCUT2D eigenvalue weighted by atomic mass is 14.7. The van der Waals surface area contributed by atoms with E-state index < -0.39 is 0 Å². The topological polar surface area (TPSA) is 12.4 Å². The molecule has 0 spiro atoms. The first kappa shape index (κ1) is 15.3. The second-order valence-electron chi connectivity index (χ2n) is 7.54. The molecule has 0 fully saturated rings. The third-order valence-corrected chi connectivity index (χ3v) is 4.83. The number of nitrogens with zero attached hydrogens (tertiary/aromatic N) is 1. The van der Waals surface area contributed by atoms with Crippen LogP contribution in [0.2, 0.25) is 0 Å². The zero-order valence-electron chi connectivity index (χ0n) is 14.2. The average molecular weight is 293 g/mol. The fourth-order valence-electron chi connectivity index (χ4n) is 3.32.